The van der Waals surface area contributed by atoms with E-state index in [1.165, 1.54) is 4.31 Å². The lowest BCUT2D eigenvalue weighted by molar-refractivity contribution is -0.122. The van der Waals surface area contributed by atoms with Crippen LogP contribution in [0.5, 0.6) is 5.75 Å². The summed E-state index contributed by atoms with van der Waals surface area (Å²) in [6, 6.07) is 11.6. The molecule has 7 heteroatoms. The molecule has 0 saturated heterocycles. The van der Waals surface area contributed by atoms with Crippen molar-refractivity contribution in [3.8, 4) is 5.75 Å². The van der Waals surface area contributed by atoms with Crippen LogP contribution >= 0.6 is 0 Å². The number of carbonyl (C=O) groups excluding carboxylic acids is 1. The fourth-order valence-electron chi connectivity index (χ4n) is 3.49. The highest BCUT2D eigenvalue weighted by Crippen LogP contribution is 2.26. The van der Waals surface area contributed by atoms with E-state index in [1.54, 1.807) is 38.3 Å². The van der Waals surface area contributed by atoms with E-state index in [-0.39, 0.29) is 11.9 Å². The van der Waals surface area contributed by atoms with Gasteiger partial charge in [-0.25, -0.2) is 8.42 Å². The largest absolute Gasteiger partial charge is 0.497 e. The first-order valence-corrected chi connectivity index (χ1v) is 11.4. The van der Waals surface area contributed by atoms with Crippen LogP contribution in [0, 0.1) is 13.8 Å². The molecule has 0 aromatic heterocycles. The van der Waals surface area contributed by atoms with Gasteiger partial charge in [0.25, 0.3) is 0 Å². The van der Waals surface area contributed by atoms with Gasteiger partial charge in [-0.3, -0.25) is 9.10 Å². The maximum Gasteiger partial charge on any atom is 0.244 e. The highest BCUT2D eigenvalue weighted by molar-refractivity contribution is 7.92. The van der Waals surface area contributed by atoms with Gasteiger partial charge in [0.2, 0.25) is 15.9 Å². The SMILES string of the molecule is CC[C@@H](C(=O)N[C@@H](C)c1ccc(C)cc1C)N(c1ccc(OC)cc1)S(C)(=O)=O. The molecule has 1 N–H and O–H groups in total. The Kier molecular flexibility index (Phi) is 7.30. The number of methoxy groups -OCH3 is 1. The van der Waals surface area contributed by atoms with Crippen LogP contribution in [0.15, 0.2) is 42.5 Å². The van der Waals surface area contributed by atoms with E-state index in [2.05, 4.69) is 11.4 Å². The lowest BCUT2D eigenvalue weighted by Gasteiger charge is -2.31. The predicted octanol–water partition coefficient (Wildman–Crippen LogP) is 3.73. The van der Waals surface area contributed by atoms with Crippen molar-refractivity contribution in [1.29, 1.82) is 0 Å². The zero-order valence-electron chi connectivity index (χ0n) is 17.9. The van der Waals surface area contributed by atoms with Crippen LogP contribution in [0.4, 0.5) is 5.69 Å². The van der Waals surface area contributed by atoms with Crippen LogP contribution in [-0.2, 0) is 14.8 Å². The first-order valence-electron chi connectivity index (χ1n) is 9.59. The van der Waals surface area contributed by atoms with Gasteiger partial charge in [0.15, 0.2) is 0 Å². The Balaban J connectivity index is 2.32. The Morgan fingerprint density at radius 3 is 2.24 bits per heavy atom. The molecule has 0 fully saturated rings. The number of nitrogens with one attached hydrogen (secondary N) is 1. The monoisotopic (exact) mass is 418 g/mol. The van der Waals surface area contributed by atoms with E-state index in [0.29, 0.717) is 17.9 Å². The van der Waals surface area contributed by atoms with Gasteiger partial charge in [-0.2, -0.15) is 0 Å². The molecule has 0 heterocycles. The van der Waals surface area contributed by atoms with Crippen molar-refractivity contribution < 1.29 is 17.9 Å². The molecule has 158 valence electrons. The van der Waals surface area contributed by atoms with Crippen molar-refractivity contribution in [2.24, 2.45) is 0 Å². The lowest BCUT2D eigenvalue weighted by atomic mass is 10.00. The second-order valence-electron chi connectivity index (χ2n) is 7.27. The number of anilines is 1. The molecule has 0 saturated carbocycles. The van der Waals surface area contributed by atoms with Crippen LogP contribution in [0.3, 0.4) is 0 Å². The first kappa shape index (κ1) is 22.7. The van der Waals surface area contributed by atoms with E-state index in [9.17, 15) is 13.2 Å². The van der Waals surface area contributed by atoms with E-state index >= 15 is 0 Å². The molecular weight excluding hydrogens is 388 g/mol. The van der Waals surface area contributed by atoms with Gasteiger partial charge in [-0.15, -0.1) is 0 Å². The number of amides is 1. The summed E-state index contributed by atoms with van der Waals surface area (Å²) in [6.45, 7) is 7.72. The third-order valence-corrected chi connectivity index (χ3v) is 6.09. The van der Waals surface area contributed by atoms with Gasteiger partial charge < -0.3 is 10.1 Å². The zero-order chi connectivity index (χ0) is 21.8. The van der Waals surface area contributed by atoms with Gasteiger partial charge in [-0.1, -0.05) is 30.7 Å². The zero-order valence-corrected chi connectivity index (χ0v) is 18.7. The van der Waals surface area contributed by atoms with Gasteiger partial charge in [-0.05, 0) is 62.6 Å². The van der Waals surface area contributed by atoms with Crippen molar-refractivity contribution in [3.05, 3.63) is 59.2 Å². The summed E-state index contributed by atoms with van der Waals surface area (Å²) >= 11 is 0. The quantitative estimate of drug-likeness (QED) is 0.709. The average Bonchev–Trinajstić information content (AvgIpc) is 2.64. The Morgan fingerprint density at radius 2 is 1.76 bits per heavy atom. The Morgan fingerprint density at radius 1 is 1.14 bits per heavy atom. The Hall–Kier alpha value is -2.54. The normalized spacial score (nSPS) is 13.4. The number of benzene rings is 2. The molecule has 0 radical (unpaired) electrons. The molecule has 2 aromatic rings. The van der Waals surface area contributed by atoms with Crippen molar-refractivity contribution >= 4 is 21.6 Å². The van der Waals surface area contributed by atoms with Crippen molar-refractivity contribution in [2.45, 2.75) is 46.2 Å². The molecule has 0 aliphatic heterocycles. The van der Waals surface area contributed by atoms with Crippen molar-refractivity contribution in [1.82, 2.24) is 5.32 Å². The third-order valence-electron chi connectivity index (χ3n) is 4.91. The number of nitrogens with zero attached hydrogens (tertiary/aromatic N) is 1. The summed E-state index contributed by atoms with van der Waals surface area (Å²) < 4.78 is 31.4. The minimum absolute atomic E-state index is 0.241. The van der Waals surface area contributed by atoms with Crippen LogP contribution in [0.2, 0.25) is 0 Å². The molecular formula is C22H30N2O4S. The summed E-state index contributed by atoms with van der Waals surface area (Å²) in [7, 11) is -2.13. The first-order chi connectivity index (χ1) is 13.6. The molecule has 0 unspecified atom stereocenters. The second kappa shape index (κ2) is 9.31. The number of rotatable bonds is 8. The fraction of sp³-hybridized carbons (Fsp3) is 0.409. The van der Waals surface area contributed by atoms with E-state index < -0.39 is 16.1 Å². The second-order valence-corrected chi connectivity index (χ2v) is 9.13. The van der Waals surface area contributed by atoms with Gasteiger partial charge >= 0.3 is 0 Å². The lowest BCUT2D eigenvalue weighted by Crippen LogP contribution is -2.49. The maximum atomic E-state index is 13.1. The van der Waals surface area contributed by atoms with Crippen molar-refractivity contribution in [2.75, 3.05) is 17.7 Å². The molecule has 0 aliphatic carbocycles. The van der Waals surface area contributed by atoms with Gasteiger partial charge in [0.05, 0.1) is 25.1 Å². The van der Waals surface area contributed by atoms with Crippen LogP contribution in [0.1, 0.15) is 43.0 Å². The van der Waals surface area contributed by atoms with Crippen molar-refractivity contribution in [3.63, 3.8) is 0 Å². The third kappa shape index (κ3) is 5.50. The highest BCUT2D eigenvalue weighted by atomic mass is 32.2. The number of ether oxygens (including phenoxy) is 1. The fourth-order valence-corrected chi connectivity index (χ4v) is 4.70. The number of aryl methyl sites for hydroxylation is 2. The number of sulfonamides is 1. The topological polar surface area (TPSA) is 75.7 Å². The molecule has 1 amide bonds. The maximum absolute atomic E-state index is 13.1. The van der Waals surface area contributed by atoms with Crippen LogP contribution in [0.25, 0.3) is 0 Å². The molecule has 0 spiro atoms. The van der Waals surface area contributed by atoms with E-state index in [4.69, 9.17) is 4.74 Å². The molecule has 6 nitrogen and oxygen atoms in total. The number of hydrogen-bond acceptors (Lipinski definition) is 4. The highest BCUT2D eigenvalue weighted by Gasteiger charge is 2.32. The molecule has 29 heavy (non-hydrogen) atoms. The summed E-state index contributed by atoms with van der Waals surface area (Å²) in [6.07, 6.45) is 1.45. The minimum atomic E-state index is -3.68. The number of hydrogen-bond donors (Lipinski definition) is 1. The summed E-state index contributed by atoms with van der Waals surface area (Å²) in [5.74, 6) is 0.282. The standard InChI is InChI=1S/C22H30N2O4S/c1-7-21(22(25)23-17(4)20-13-8-15(2)14-16(20)3)24(29(6,26)27)18-9-11-19(28-5)12-10-18/h8-14,17,21H,7H2,1-6H3,(H,23,25)/t17-,21-/m0/s1. The molecule has 0 aliphatic rings. The summed E-state index contributed by atoms with van der Waals surface area (Å²) in [5.41, 5.74) is 3.67. The van der Waals surface area contributed by atoms with Crippen LogP contribution < -0.4 is 14.4 Å². The molecule has 2 atom stereocenters. The molecule has 2 rings (SSSR count). The van der Waals surface area contributed by atoms with Gasteiger partial charge in [0, 0.05) is 0 Å². The average molecular weight is 419 g/mol. The number of carbonyl (C=O) groups is 1. The predicted molar refractivity (Wildman–Crippen MR) is 117 cm³/mol. The Bertz CT molecular complexity index is 955. The smallest absolute Gasteiger partial charge is 0.244 e. The van der Waals surface area contributed by atoms with Crippen LogP contribution in [-0.4, -0.2) is 33.7 Å². The minimum Gasteiger partial charge on any atom is -0.497 e. The Labute approximate surface area is 173 Å². The summed E-state index contributed by atoms with van der Waals surface area (Å²) in [4.78, 5) is 13.1. The van der Waals surface area contributed by atoms with E-state index in [0.717, 1.165) is 22.9 Å². The molecule has 2 aromatic carbocycles. The van der Waals surface area contributed by atoms with E-state index in [1.807, 2.05) is 32.9 Å². The molecule has 0 bridgehead atoms. The summed E-state index contributed by atoms with van der Waals surface area (Å²) in [5, 5.41) is 2.98. The van der Waals surface area contributed by atoms with Gasteiger partial charge in [0.1, 0.15) is 11.8 Å².